The van der Waals surface area contributed by atoms with Gasteiger partial charge in [0, 0.05) is 5.92 Å². The molecule has 0 bridgehead atoms. The summed E-state index contributed by atoms with van der Waals surface area (Å²) >= 11 is 0. The Kier molecular flexibility index (Phi) is 6.45. The van der Waals surface area contributed by atoms with Crippen molar-refractivity contribution in [2.24, 2.45) is 11.8 Å². The van der Waals surface area contributed by atoms with Crippen molar-refractivity contribution in [1.29, 1.82) is 0 Å². The predicted molar refractivity (Wildman–Crippen MR) is 57.1 cm³/mol. The molecule has 1 aliphatic rings. The molecule has 0 heterocycles. The molecule has 0 heteroatoms. The highest BCUT2D eigenvalue weighted by Gasteiger charge is 2.08. The maximum atomic E-state index is 2.24. The Balaban J connectivity index is 0.000000561. The van der Waals surface area contributed by atoms with Crippen molar-refractivity contribution in [1.82, 2.24) is 0 Å². The van der Waals surface area contributed by atoms with E-state index in [2.05, 4.69) is 50.3 Å². The van der Waals surface area contributed by atoms with Gasteiger partial charge in [-0.1, -0.05) is 57.2 Å². The van der Waals surface area contributed by atoms with E-state index in [9.17, 15) is 0 Å². The van der Waals surface area contributed by atoms with Crippen LogP contribution < -0.4 is 0 Å². The molecule has 68 valence electrons. The van der Waals surface area contributed by atoms with Gasteiger partial charge in [-0.05, 0) is 12.8 Å². The minimum absolute atomic E-state index is 0.620. The molecular weight excluding hydrogens is 144 g/mol. The first-order valence-electron chi connectivity index (χ1n) is 4.82. The summed E-state index contributed by atoms with van der Waals surface area (Å²) in [4.78, 5) is 0. The van der Waals surface area contributed by atoms with Crippen LogP contribution in [-0.4, -0.2) is 0 Å². The van der Waals surface area contributed by atoms with E-state index in [4.69, 9.17) is 0 Å². The lowest BCUT2D eigenvalue weighted by atomic mass is 9.90. The summed E-state index contributed by atoms with van der Waals surface area (Å²) in [5, 5.41) is 0. The first kappa shape index (κ1) is 11.2. The molecular formula is C12H20. The van der Waals surface area contributed by atoms with Gasteiger partial charge in [0.25, 0.3) is 0 Å². The fourth-order valence-electron chi connectivity index (χ4n) is 1.20. The summed E-state index contributed by atoms with van der Waals surface area (Å²) in [5.41, 5.74) is 0. The zero-order chi connectivity index (χ0) is 9.40. The monoisotopic (exact) mass is 164 g/mol. The molecule has 0 aromatic rings. The van der Waals surface area contributed by atoms with Crippen molar-refractivity contribution < 1.29 is 0 Å². The molecule has 1 rings (SSSR count). The molecule has 0 N–H and O–H groups in total. The van der Waals surface area contributed by atoms with Gasteiger partial charge in [-0.3, -0.25) is 0 Å². The normalized spacial score (nSPS) is 27.0. The molecule has 0 nitrogen and oxygen atoms in total. The third-order valence-electron chi connectivity index (χ3n) is 1.88. The summed E-state index contributed by atoms with van der Waals surface area (Å²) < 4.78 is 0. The van der Waals surface area contributed by atoms with Crippen molar-refractivity contribution in [3.8, 4) is 0 Å². The number of rotatable bonds is 1. The van der Waals surface area contributed by atoms with Crippen LogP contribution >= 0.6 is 0 Å². The van der Waals surface area contributed by atoms with E-state index < -0.39 is 0 Å². The molecule has 0 aliphatic heterocycles. The first-order chi connectivity index (χ1) is 5.84. The maximum Gasteiger partial charge on any atom is 0.000984 e. The minimum Gasteiger partial charge on any atom is -0.0910 e. The average Bonchev–Trinajstić information content (AvgIpc) is 2.13. The molecule has 0 spiro atoms. The number of hydrogen-bond acceptors (Lipinski definition) is 0. The van der Waals surface area contributed by atoms with E-state index in [1.807, 2.05) is 13.8 Å². The molecule has 12 heavy (non-hydrogen) atoms. The van der Waals surface area contributed by atoms with Gasteiger partial charge in [0.2, 0.25) is 0 Å². The van der Waals surface area contributed by atoms with Gasteiger partial charge in [-0.15, -0.1) is 0 Å². The topological polar surface area (TPSA) is 0 Å². The summed E-state index contributed by atoms with van der Waals surface area (Å²) in [5.74, 6) is 1.29. The van der Waals surface area contributed by atoms with Gasteiger partial charge < -0.3 is 0 Å². The lowest BCUT2D eigenvalue weighted by molar-refractivity contribution is 0.605. The first-order valence-corrected chi connectivity index (χ1v) is 4.82. The third kappa shape index (κ3) is 3.56. The van der Waals surface area contributed by atoms with Crippen molar-refractivity contribution in [3.05, 3.63) is 36.5 Å². The zero-order valence-electron chi connectivity index (χ0n) is 8.62. The van der Waals surface area contributed by atoms with E-state index in [1.54, 1.807) is 0 Å². The van der Waals surface area contributed by atoms with Crippen LogP contribution in [0.5, 0.6) is 0 Å². The highest BCUT2D eigenvalue weighted by molar-refractivity contribution is 5.17. The minimum atomic E-state index is 0.620. The van der Waals surface area contributed by atoms with Crippen molar-refractivity contribution in [2.45, 2.75) is 27.7 Å². The summed E-state index contributed by atoms with van der Waals surface area (Å²) in [6, 6.07) is 0. The molecule has 2 unspecified atom stereocenters. The van der Waals surface area contributed by atoms with Crippen molar-refractivity contribution >= 4 is 0 Å². The fourth-order valence-corrected chi connectivity index (χ4v) is 1.20. The lowest BCUT2D eigenvalue weighted by Crippen LogP contribution is -2.05. The SMILES string of the molecule is C/C=C\C1C=CC=CC1C.CC. The van der Waals surface area contributed by atoms with Crippen LogP contribution in [0.2, 0.25) is 0 Å². The van der Waals surface area contributed by atoms with E-state index in [1.165, 1.54) is 0 Å². The predicted octanol–water partition coefficient (Wildman–Crippen LogP) is 3.97. The Morgan fingerprint density at radius 3 is 2.17 bits per heavy atom. The van der Waals surface area contributed by atoms with Gasteiger partial charge in [-0.2, -0.15) is 0 Å². The second-order valence-corrected chi connectivity index (χ2v) is 2.73. The van der Waals surface area contributed by atoms with Gasteiger partial charge in [-0.25, -0.2) is 0 Å². The Morgan fingerprint density at radius 1 is 1.08 bits per heavy atom. The number of allylic oxidation sites excluding steroid dienone is 6. The zero-order valence-corrected chi connectivity index (χ0v) is 8.62. The third-order valence-corrected chi connectivity index (χ3v) is 1.88. The van der Waals surface area contributed by atoms with Gasteiger partial charge in [0.1, 0.15) is 0 Å². The van der Waals surface area contributed by atoms with Gasteiger partial charge in [0.05, 0.1) is 0 Å². The lowest BCUT2D eigenvalue weighted by Gasteiger charge is -2.15. The molecule has 0 saturated carbocycles. The Morgan fingerprint density at radius 2 is 1.67 bits per heavy atom. The largest absolute Gasteiger partial charge is 0.0910 e. The average molecular weight is 164 g/mol. The van der Waals surface area contributed by atoms with Crippen LogP contribution in [0.1, 0.15) is 27.7 Å². The van der Waals surface area contributed by atoms with Crippen LogP contribution in [0.4, 0.5) is 0 Å². The van der Waals surface area contributed by atoms with E-state index in [0.717, 1.165) is 0 Å². The van der Waals surface area contributed by atoms with Crippen LogP contribution in [0, 0.1) is 11.8 Å². The van der Waals surface area contributed by atoms with Gasteiger partial charge in [0.15, 0.2) is 0 Å². The second kappa shape index (κ2) is 6.90. The highest BCUT2D eigenvalue weighted by Crippen LogP contribution is 2.19. The van der Waals surface area contributed by atoms with Crippen molar-refractivity contribution in [3.63, 3.8) is 0 Å². The Labute approximate surface area is 76.7 Å². The summed E-state index contributed by atoms with van der Waals surface area (Å²) in [7, 11) is 0. The second-order valence-electron chi connectivity index (χ2n) is 2.73. The molecule has 0 aromatic carbocycles. The molecule has 0 saturated heterocycles. The van der Waals surface area contributed by atoms with Crippen LogP contribution in [0.15, 0.2) is 36.5 Å². The molecule has 0 aromatic heterocycles. The van der Waals surface area contributed by atoms with E-state index >= 15 is 0 Å². The van der Waals surface area contributed by atoms with E-state index in [0.29, 0.717) is 11.8 Å². The summed E-state index contributed by atoms with van der Waals surface area (Å²) in [6.45, 7) is 8.31. The molecule has 2 atom stereocenters. The Hall–Kier alpha value is -0.780. The smallest absolute Gasteiger partial charge is 0.000984 e. The number of hydrogen-bond donors (Lipinski definition) is 0. The van der Waals surface area contributed by atoms with Gasteiger partial charge >= 0.3 is 0 Å². The van der Waals surface area contributed by atoms with Crippen LogP contribution in [0.25, 0.3) is 0 Å². The van der Waals surface area contributed by atoms with Crippen LogP contribution in [0.3, 0.4) is 0 Å². The quantitative estimate of drug-likeness (QED) is 0.514. The summed E-state index contributed by atoms with van der Waals surface area (Å²) in [6.07, 6.45) is 13.1. The van der Waals surface area contributed by atoms with E-state index in [-0.39, 0.29) is 0 Å². The molecule has 0 fully saturated rings. The van der Waals surface area contributed by atoms with Crippen LogP contribution in [-0.2, 0) is 0 Å². The van der Waals surface area contributed by atoms with Crippen molar-refractivity contribution in [2.75, 3.05) is 0 Å². The molecule has 1 aliphatic carbocycles. The Bertz CT molecular complexity index is 172. The fraction of sp³-hybridized carbons (Fsp3) is 0.500. The maximum absolute atomic E-state index is 2.24. The molecule has 0 radical (unpaired) electrons. The molecule has 0 amide bonds. The standard InChI is InChI=1S/C10H14.C2H6/c1-3-6-10-8-5-4-7-9(10)2;1-2/h3-10H,1-2H3;1-2H3/b6-3-;. The highest BCUT2D eigenvalue weighted by atomic mass is 14.1.